The van der Waals surface area contributed by atoms with Crippen molar-refractivity contribution in [3.8, 4) is 0 Å². The number of unbranched alkanes of at least 4 members (excludes halogenated alkanes) is 3. The zero-order valence-corrected chi connectivity index (χ0v) is 23.6. The van der Waals surface area contributed by atoms with Crippen molar-refractivity contribution < 1.29 is 33.3 Å². The lowest BCUT2D eigenvalue weighted by atomic mass is 9.98. The summed E-state index contributed by atoms with van der Waals surface area (Å²) in [6.45, 7) is 18.5. The van der Waals surface area contributed by atoms with Crippen molar-refractivity contribution in [2.45, 2.75) is 131 Å². The van der Waals surface area contributed by atoms with E-state index in [1.807, 2.05) is 6.92 Å². The second-order valence-corrected chi connectivity index (χ2v) is 11.2. The van der Waals surface area contributed by atoms with E-state index in [9.17, 15) is 14.4 Å². The predicted octanol–water partition coefficient (Wildman–Crippen LogP) is 5.35. The molecule has 0 spiro atoms. The van der Waals surface area contributed by atoms with Gasteiger partial charge in [0.05, 0.1) is 30.7 Å². The first-order valence-corrected chi connectivity index (χ1v) is 12.8. The molecule has 0 fully saturated rings. The SMILES string of the molecule is CCCCCC[C@@H](OC[C@@H](C)NC(=O)OC(C)(C)C)[C@H](C)C(=O)OC[C@@H](C)NC(=O)OC(C)(C)C. The van der Waals surface area contributed by atoms with Crippen LogP contribution in [0, 0.1) is 5.92 Å². The van der Waals surface area contributed by atoms with Gasteiger partial charge in [0, 0.05) is 0 Å². The van der Waals surface area contributed by atoms with Gasteiger partial charge in [-0.15, -0.1) is 0 Å². The Morgan fingerprint density at radius 3 is 1.69 bits per heavy atom. The summed E-state index contributed by atoms with van der Waals surface area (Å²) in [5.41, 5.74) is -1.19. The van der Waals surface area contributed by atoms with Crippen LogP contribution in [0.2, 0.25) is 0 Å². The lowest BCUT2D eigenvalue weighted by Gasteiger charge is -2.27. The maximum absolute atomic E-state index is 12.7. The van der Waals surface area contributed by atoms with Crippen LogP contribution in [-0.2, 0) is 23.7 Å². The Morgan fingerprint density at radius 1 is 0.743 bits per heavy atom. The molecule has 0 rings (SSSR count). The second-order valence-electron chi connectivity index (χ2n) is 11.2. The van der Waals surface area contributed by atoms with Gasteiger partial charge >= 0.3 is 18.2 Å². The molecule has 0 aromatic heterocycles. The molecule has 206 valence electrons. The average molecular weight is 503 g/mol. The molecule has 0 unspecified atom stereocenters. The van der Waals surface area contributed by atoms with Gasteiger partial charge in [-0.05, 0) is 68.7 Å². The van der Waals surface area contributed by atoms with Crippen molar-refractivity contribution in [3.05, 3.63) is 0 Å². The van der Waals surface area contributed by atoms with Gasteiger partial charge < -0.3 is 29.6 Å². The molecule has 0 saturated carbocycles. The Labute approximate surface area is 212 Å². The van der Waals surface area contributed by atoms with Gasteiger partial charge in [-0.2, -0.15) is 0 Å². The van der Waals surface area contributed by atoms with Crippen LogP contribution in [0.25, 0.3) is 0 Å². The van der Waals surface area contributed by atoms with Crippen LogP contribution in [0.3, 0.4) is 0 Å². The average Bonchev–Trinajstić information content (AvgIpc) is 2.67. The minimum Gasteiger partial charge on any atom is -0.463 e. The Hall–Kier alpha value is -2.03. The Morgan fingerprint density at radius 2 is 1.23 bits per heavy atom. The lowest BCUT2D eigenvalue weighted by molar-refractivity contribution is -0.154. The fraction of sp³-hybridized carbons (Fsp3) is 0.885. The topological polar surface area (TPSA) is 112 Å². The minimum absolute atomic E-state index is 0.0293. The molecule has 0 saturated heterocycles. The first kappa shape index (κ1) is 33.0. The number of esters is 1. The highest BCUT2D eigenvalue weighted by Gasteiger charge is 2.28. The van der Waals surface area contributed by atoms with Crippen LogP contribution in [0.1, 0.15) is 101 Å². The highest BCUT2D eigenvalue weighted by Crippen LogP contribution is 2.18. The van der Waals surface area contributed by atoms with E-state index in [2.05, 4.69) is 17.6 Å². The molecule has 4 atom stereocenters. The van der Waals surface area contributed by atoms with Crippen molar-refractivity contribution in [1.29, 1.82) is 0 Å². The van der Waals surface area contributed by atoms with E-state index in [1.54, 1.807) is 55.4 Å². The number of carbonyl (C=O) groups is 3. The van der Waals surface area contributed by atoms with Gasteiger partial charge in [0.1, 0.15) is 17.8 Å². The molecule has 0 aliphatic heterocycles. The summed E-state index contributed by atoms with van der Waals surface area (Å²) in [6, 6.07) is -0.688. The van der Waals surface area contributed by atoms with Gasteiger partial charge in [0.2, 0.25) is 0 Å². The third-order valence-corrected chi connectivity index (χ3v) is 4.83. The van der Waals surface area contributed by atoms with E-state index in [0.29, 0.717) is 6.42 Å². The van der Waals surface area contributed by atoms with Crippen molar-refractivity contribution in [2.75, 3.05) is 13.2 Å². The summed E-state index contributed by atoms with van der Waals surface area (Å²) in [4.78, 5) is 36.6. The van der Waals surface area contributed by atoms with Gasteiger partial charge in [0.15, 0.2) is 0 Å². The van der Waals surface area contributed by atoms with E-state index >= 15 is 0 Å². The zero-order chi connectivity index (χ0) is 27.2. The molecule has 9 heteroatoms. The summed E-state index contributed by atoms with van der Waals surface area (Å²) in [5, 5.41) is 5.42. The van der Waals surface area contributed by atoms with E-state index in [4.69, 9.17) is 18.9 Å². The maximum atomic E-state index is 12.7. The number of nitrogens with one attached hydrogen (secondary N) is 2. The quantitative estimate of drug-likeness (QED) is 0.187. The molecule has 0 aromatic rings. The lowest BCUT2D eigenvalue weighted by Crippen LogP contribution is -2.42. The van der Waals surface area contributed by atoms with Crippen LogP contribution >= 0.6 is 0 Å². The number of amides is 2. The molecule has 0 aliphatic carbocycles. The molecule has 0 radical (unpaired) electrons. The summed E-state index contributed by atoms with van der Waals surface area (Å²) in [6.07, 6.45) is 3.52. The molecule has 2 N–H and O–H groups in total. The Kier molecular flexibility index (Phi) is 14.9. The normalized spacial score (nSPS) is 15.4. The van der Waals surface area contributed by atoms with Crippen molar-refractivity contribution in [1.82, 2.24) is 10.6 Å². The van der Waals surface area contributed by atoms with Gasteiger partial charge in [-0.3, -0.25) is 4.79 Å². The minimum atomic E-state index is -0.604. The van der Waals surface area contributed by atoms with Crippen molar-refractivity contribution in [3.63, 3.8) is 0 Å². The molecular formula is C26H50N2O7. The number of carbonyl (C=O) groups excluding carboxylic acids is 3. The van der Waals surface area contributed by atoms with Crippen LogP contribution in [0.4, 0.5) is 9.59 Å². The third kappa shape index (κ3) is 18.0. The van der Waals surface area contributed by atoms with Crippen LogP contribution in [-0.4, -0.2) is 60.8 Å². The molecular weight excluding hydrogens is 452 g/mol. The third-order valence-electron chi connectivity index (χ3n) is 4.83. The summed E-state index contributed by atoms with van der Waals surface area (Å²) < 4.78 is 22.0. The van der Waals surface area contributed by atoms with E-state index < -0.39 is 41.3 Å². The molecule has 0 aromatic carbocycles. The predicted molar refractivity (Wildman–Crippen MR) is 136 cm³/mol. The van der Waals surface area contributed by atoms with Crippen LogP contribution in [0.15, 0.2) is 0 Å². The number of alkyl carbamates (subject to hydrolysis) is 2. The number of hydrogen-bond acceptors (Lipinski definition) is 7. The van der Waals surface area contributed by atoms with Crippen molar-refractivity contribution in [2.24, 2.45) is 5.92 Å². The largest absolute Gasteiger partial charge is 0.463 e. The molecule has 0 heterocycles. The number of rotatable bonds is 14. The first-order chi connectivity index (χ1) is 16.0. The fourth-order valence-electron chi connectivity index (χ4n) is 3.11. The van der Waals surface area contributed by atoms with E-state index in [1.165, 1.54) is 0 Å². The molecule has 9 nitrogen and oxygen atoms in total. The summed E-state index contributed by atoms with van der Waals surface area (Å²) in [5.74, 6) is -0.893. The van der Waals surface area contributed by atoms with Crippen molar-refractivity contribution >= 4 is 18.2 Å². The van der Waals surface area contributed by atoms with Gasteiger partial charge in [-0.1, -0.05) is 32.6 Å². The Balaban J connectivity index is 4.81. The Bertz CT molecular complexity index is 641. The molecule has 2 amide bonds. The molecule has 0 aliphatic rings. The second kappa shape index (κ2) is 15.9. The molecule has 0 bridgehead atoms. The maximum Gasteiger partial charge on any atom is 0.407 e. The van der Waals surface area contributed by atoms with E-state index in [0.717, 1.165) is 25.7 Å². The van der Waals surface area contributed by atoms with E-state index in [-0.39, 0.29) is 25.4 Å². The highest BCUT2D eigenvalue weighted by molar-refractivity contribution is 5.73. The van der Waals surface area contributed by atoms with Gasteiger partial charge in [-0.25, -0.2) is 9.59 Å². The zero-order valence-electron chi connectivity index (χ0n) is 23.6. The monoisotopic (exact) mass is 502 g/mol. The summed E-state index contributed by atoms with van der Waals surface area (Å²) >= 11 is 0. The van der Waals surface area contributed by atoms with Gasteiger partial charge in [0.25, 0.3) is 0 Å². The fourth-order valence-corrected chi connectivity index (χ4v) is 3.11. The highest BCUT2D eigenvalue weighted by atomic mass is 16.6. The standard InChI is InChI=1S/C26H50N2O7/c1-11-12-13-14-15-21(32-16-18(2)27-23(30)34-25(5,6)7)20(4)22(29)33-17-19(3)28-24(31)35-26(8,9)10/h18-21H,11-17H2,1-10H3,(H,27,30)(H,28,31)/t18-,19-,20+,21-/m1/s1. The van der Waals surface area contributed by atoms with Crippen LogP contribution in [0.5, 0.6) is 0 Å². The van der Waals surface area contributed by atoms with Crippen LogP contribution < -0.4 is 10.6 Å². The first-order valence-electron chi connectivity index (χ1n) is 12.8. The number of ether oxygens (including phenoxy) is 4. The smallest absolute Gasteiger partial charge is 0.407 e. The number of hydrogen-bond donors (Lipinski definition) is 2. The summed E-state index contributed by atoms with van der Waals surface area (Å²) in [7, 11) is 0. The molecule has 35 heavy (non-hydrogen) atoms.